The Kier molecular flexibility index (Phi) is 10.3. The number of phenolic OH excluding ortho intramolecular Hbond substituents is 1. The van der Waals surface area contributed by atoms with Crippen LogP contribution in [-0.2, 0) is 32.0 Å². The third-order valence-corrected chi connectivity index (χ3v) is 5.24. The summed E-state index contributed by atoms with van der Waals surface area (Å²) in [5.74, 6) is -3.99. The number of rotatable bonds is 13. The van der Waals surface area contributed by atoms with E-state index in [0.29, 0.717) is 11.3 Å². The summed E-state index contributed by atoms with van der Waals surface area (Å²) in [7, 11) is 0. The van der Waals surface area contributed by atoms with E-state index in [-0.39, 0.29) is 18.6 Å². The van der Waals surface area contributed by atoms with Crippen LogP contribution in [0.2, 0.25) is 0 Å². The van der Waals surface area contributed by atoms with E-state index in [9.17, 15) is 34.5 Å². The van der Waals surface area contributed by atoms with E-state index in [4.69, 9.17) is 10.8 Å². The topological polar surface area (TPSA) is 240 Å². The zero-order valence-corrected chi connectivity index (χ0v) is 19.4. The first-order valence-corrected chi connectivity index (χ1v) is 10.9. The average molecular weight is 507 g/mol. The summed E-state index contributed by atoms with van der Waals surface area (Å²) in [6.45, 7) is 0.437. The third-order valence-electron chi connectivity index (χ3n) is 5.24. The number of hydrogen-bond acceptors (Lipinski definition) is 9. The molecule has 36 heavy (non-hydrogen) atoms. The predicted octanol–water partition coefficient (Wildman–Crippen LogP) is -2.86. The molecule has 5 unspecified atom stereocenters. The van der Waals surface area contributed by atoms with Gasteiger partial charge in [-0.15, -0.1) is 0 Å². The Morgan fingerprint density at radius 1 is 0.972 bits per heavy atom. The van der Waals surface area contributed by atoms with Crippen molar-refractivity contribution in [2.45, 2.75) is 50.0 Å². The second-order valence-corrected chi connectivity index (χ2v) is 8.12. The Morgan fingerprint density at radius 2 is 1.53 bits per heavy atom. The molecule has 1 aromatic heterocycles. The average Bonchev–Trinajstić information content (AvgIpc) is 3.35. The number of carboxylic acids is 1. The van der Waals surface area contributed by atoms with Crippen LogP contribution in [0.3, 0.4) is 0 Å². The molecular weight excluding hydrogens is 476 g/mol. The number of carbonyl (C=O) groups is 4. The van der Waals surface area contributed by atoms with Crippen LogP contribution < -0.4 is 21.7 Å². The normalized spacial score (nSPS) is 15.1. The van der Waals surface area contributed by atoms with Crippen molar-refractivity contribution < 1.29 is 39.6 Å². The summed E-state index contributed by atoms with van der Waals surface area (Å²) < 4.78 is 0. The number of aliphatic hydroxyl groups excluding tert-OH is 2. The van der Waals surface area contributed by atoms with Crippen molar-refractivity contribution in [3.8, 4) is 5.75 Å². The van der Waals surface area contributed by atoms with Crippen molar-refractivity contribution in [1.82, 2.24) is 25.9 Å². The number of aliphatic carboxylic acids is 1. The fourth-order valence-electron chi connectivity index (χ4n) is 3.12. The van der Waals surface area contributed by atoms with Gasteiger partial charge >= 0.3 is 5.97 Å². The van der Waals surface area contributed by atoms with Crippen LogP contribution in [0.25, 0.3) is 0 Å². The summed E-state index contributed by atoms with van der Waals surface area (Å²) in [5.41, 5.74) is 6.68. The van der Waals surface area contributed by atoms with Crippen LogP contribution in [0.1, 0.15) is 18.2 Å². The largest absolute Gasteiger partial charge is 0.508 e. The molecule has 0 saturated carbocycles. The Morgan fingerprint density at radius 3 is 2.03 bits per heavy atom. The maximum absolute atomic E-state index is 13.2. The molecule has 0 aliphatic heterocycles. The smallest absolute Gasteiger partial charge is 0.328 e. The third kappa shape index (κ3) is 8.33. The number of aromatic nitrogens is 2. The molecule has 1 heterocycles. The lowest BCUT2D eigenvalue weighted by molar-refractivity contribution is -0.143. The molecule has 5 atom stereocenters. The highest BCUT2D eigenvalue weighted by molar-refractivity contribution is 5.94. The van der Waals surface area contributed by atoms with E-state index in [1.165, 1.54) is 43.7 Å². The van der Waals surface area contributed by atoms with Crippen molar-refractivity contribution >= 4 is 23.7 Å². The molecule has 0 bridgehead atoms. The van der Waals surface area contributed by atoms with Crippen LogP contribution in [0.4, 0.5) is 0 Å². The molecule has 0 aliphatic rings. The lowest BCUT2D eigenvalue weighted by Gasteiger charge is -2.25. The summed E-state index contributed by atoms with van der Waals surface area (Å²) in [5, 5.41) is 44.6. The molecule has 3 amide bonds. The Hall–Kier alpha value is -4.01. The van der Waals surface area contributed by atoms with E-state index < -0.39 is 60.6 Å². The molecule has 0 radical (unpaired) electrons. The van der Waals surface area contributed by atoms with E-state index in [2.05, 4.69) is 25.9 Å². The summed E-state index contributed by atoms with van der Waals surface area (Å²) in [6, 6.07) is 0.355. The zero-order chi connectivity index (χ0) is 26.8. The quantitative estimate of drug-likeness (QED) is 0.135. The molecule has 0 fully saturated rings. The van der Waals surface area contributed by atoms with E-state index in [1.807, 2.05) is 0 Å². The van der Waals surface area contributed by atoms with Gasteiger partial charge in [0.25, 0.3) is 0 Å². The second kappa shape index (κ2) is 13.2. The number of carbonyl (C=O) groups excluding carboxylic acids is 3. The zero-order valence-electron chi connectivity index (χ0n) is 19.4. The first-order valence-electron chi connectivity index (χ1n) is 10.9. The lowest BCUT2D eigenvalue weighted by atomic mass is 10.0. The van der Waals surface area contributed by atoms with Crippen LogP contribution in [0, 0.1) is 0 Å². The van der Waals surface area contributed by atoms with Gasteiger partial charge in [0.05, 0.1) is 19.0 Å². The van der Waals surface area contributed by atoms with Crippen molar-refractivity contribution in [3.05, 3.63) is 48.0 Å². The Bertz CT molecular complexity index is 1030. The first kappa shape index (κ1) is 28.2. The van der Waals surface area contributed by atoms with Crippen molar-refractivity contribution in [1.29, 1.82) is 0 Å². The van der Waals surface area contributed by atoms with Gasteiger partial charge in [0, 0.05) is 24.7 Å². The first-order chi connectivity index (χ1) is 17.0. The number of imidazole rings is 1. The number of nitrogens with two attached hydrogens (primary N) is 1. The van der Waals surface area contributed by atoms with Gasteiger partial charge in [0.15, 0.2) is 0 Å². The van der Waals surface area contributed by atoms with Gasteiger partial charge in [-0.1, -0.05) is 12.1 Å². The number of H-pyrrole nitrogens is 1. The SMILES string of the molecule is CC(O)C(N)C(=O)NC(Cc1ccc(O)cc1)C(=O)NC(Cc1cnc[nH]1)C(=O)NC(CO)C(=O)O. The molecule has 1 aromatic carbocycles. The molecule has 2 aromatic rings. The lowest BCUT2D eigenvalue weighted by Crippen LogP contribution is -2.59. The number of aromatic amines is 1. The number of nitrogens with zero attached hydrogens (tertiary/aromatic N) is 1. The standard InChI is InChI=1S/C22H30N6O8/c1-11(30)18(23)21(34)27-15(6-12-2-4-14(31)5-3-12)19(32)26-16(7-13-8-24-10-25-13)20(33)28-17(9-29)22(35)36/h2-5,8,10-11,15-18,29-31H,6-7,9,23H2,1H3,(H,24,25)(H,26,32)(H,27,34)(H,28,33)(H,35,36). The maximum atomic E-state index is 13.2. The minimum absolute atomic E-state index is 0.00641. The van der Waals surface area contributed by atoms with E-state index >= 15 is 0 Å². The molecule has 2 rings (SSSR count). The van der Waals surface area contributed by atoms with Gasteiger partial charge < -0.3 is 47.1 Å². The van der Waals surface area contributed by atoms with Crippen LogP contribution in [-0.4, -0.2) is 91.0 Å². The van der Waals surface area contributed by atoms with Gasteiger partial charge in [-0.2, -0.15) is 0 Å². The molecule has 196 valence electrons. The molecule has 0 saturated heterocycles. The minimum atomic E-state index is -1.60. The van der Waals surface area contributed by atoms with Gasteiger partial charge in [-0.05, 0) is 24.6 Å². The fraction of sp³-hybridized carbons (Fsp3) is 0.409. The highest BCUT2D eigenvalue weighted by Gasteiger charge is 2.31. The molecule has 10 N–H and O–H groups in total. The number of aliphatic hydroxyl groups is 2. The molecule has 0 aliphatic carbocycles. The van der Waals surface area contributed by atoms with Crippen molar-refractivity contribution in [2.24, 2.45) is 5.73 Å². The fourth-order valence-corrected chi connectivity index (χ4v) is 3.12. The monoisotopic (exact) mass is 506 g/mol. The van der Waals surface area contributed by atoms with Gasteiger partial charge in [0.2, 0.25) is 17.7 Å². The predicted molar refractivity (Wildman–Crippen MR) is 124 cm³/mol. The van der Waals surface area contributed by atoms with E-state index in [1.54, 1.807) is 0 Å². The Labute approximate surface area is 205 Å². The van der Waals surface area contributed by atoms with Crippen molar-refractivity contribution in [3.63, 3.8) is 0 Å². The van der Waals surface area contributed by atoms with Crippen LogP contribution in [0.5, 0.6) is 5.75 Å². The van der Waals surface area contributed by atoms with E-state index in [0.717, 1.165) is 0 Å². The van der Waals surface area contributed by atoms with Crippen molar-refractivity contribution in [2.75, 3.05) is 6.61 Å². The Balaban J connectivity index is 2.27. The maximum Gasteiger partial charge on any atom is 0.328 e. The molecular formula is C22H30N6O8. The van der Waals surface area contributed by atoms with Gasteiger partial charge in [0.1, 0.15) is 29.9 Å². The summed E-state index contributed by atoms with van der Waals surface area (Å²) >= 11 is 0. The summed E-state index contributed by atoms with van der Waals surface area (Å²) in [6.07, 6.45) is 1.39. The highest BCUT2D eigenvalue weighted by atomic mass is 16.4. The van der Waals surface area contributed by atoms with Gasteiger partial charge in [-0.25, -0.2) is 9.78 Å². The number of nitrogens with one attached hydrogen (secondary N) is 4. The number of phenols is 1. The number of hydrogen-bond donors (Lipinski definition) is 9. The number of benzene rings is 1. The minimum Gasteiger partial charge on any atom is -0.508 e. The van der Waals surface area contributed by atoms with Crippen LogP contribution >= 0.6 is 0 Å². The molecule has 14 nitrogen and oxygen atoms in total. The number of amides is 3. The van der Waals surface area contributed by atoms with Gasteiger partial charge in [-0.3, -0.25) is 14.4 Å². The number of carboxylic acid groups (broad SMARTS) is 1. The molecule has 0 spiro atoms. The second-order valence-electron chi connectivity index (χ2n) is 8.12. The summed E-state index contributed by atoms with van der Waals surface area (Å²) in [4.78, 5) is 56.4. The molecule has 14 heteroatoms. The highest BCUT2D eigenvalue weighted by Crippen LogP contribution is 2.12. The number of aromatic hydroxyl groups is 1. The van der Waals surface area contributed by atoms with Crippen LogP contribution in [0.15, 0.2) is 36.8 Å².